The SMILES string of the molecule is COc1ccc2c(c1)C(C(OC)OC)CC(N1C(=O)c3ccccc3C1=O)C2. The molecule has 0 saturated heterocycles. The van der Waals surface area contributed by atoms with Crippen molar-refractivity contribution in [2.24, 2.45) is 0 Å². The van der Waals surface area contributed by atoms with Crippen LogP contribution in [0.4, 0.5) is 0 Å². The van der Waals surface area contributed by atoms with Crippen molar-refractivity contribution in [2.45, 2.75) is 31.1 Å². The Kier molecular flexibility index (Phi) is 4.91. The molecule has 2 unspecified atom stereocenters. The molecule has 0 fully saturated rings. The molecule has 2 amide bonds. The molecule has 2 aliphatic rings. The molecule has 1 aliphatic heterocycles. The summed E-state index contributed by atoms with van der Waals surface area (Å²) in [5.41, 5.74) is 3.08. The van der Waals surface area contributed by atoms with Gasteiger partial charge in [-0.3, -0.25) is 14.5 Å². The standard InChI is InChI=1S/C22H23NO5/c1-26-15-9-8-13-10-14(11-19(18(13)12-15)22(27-2)28-3)23-20(24)16-6-4-5-7-17(16)21(23)25/h4-9,12,14,19,22H,10-11H2,1-3H3. The molecule has 2 aromatic rings. The first kappa shape index (κ1) is 18.7. The second kappa shape index (κ2) is 7.37. The Bertz CT molecular complexity index is 886. The van der Waals surface area contributed by atoms with E-state index in [9.17, 15) is 9.59 Å². The van der Waals surface area contributed by atoms with Gasteiger partial charge in [-0.15, -0.1) is 0 Å². The summed E-state index contributed by atoms with van der Waals surface area (Å²) in [5.74, 6) is 0.178. The van der Waals surface area contributed by atoms with E-state index in [2.05, 4.69) is 0 Å². The van der Waals surface area contributed by atoms with Gasteiger partial charge in [-0.05, 0) is 48.2 Å². The first-order valence-electron chi connectivity index (χ1n) is 9.28. The number of benzene rings is 2. The third-order valence-electron chi connectivity index (χ3n) is 5.72. The van der Waals surface area contributed by atoms with Crippen LogP contribution in [0.1, 0.15) is 44.2 Å². The number of carbonyl (C=O) groups excluding carboxylic acids is 2. The van der Waals surface area contributed by atoms with Gasteiger partial charge in [0.1, 0.15) is 5.75 Å². The summed E-state index contributed by atoms with van der Waals surface area (Å²) < 4.78 is 16.5. The number of carbonyl (C=O) groups is 2. The number of fused-ring (bicyclic) bond motifs is 2. The average molecular weight is 381 g/mol. The van der Waals surface area contributed by atoms with E-state index < -0.39 is 6.29 Å². The fraction of sp³-hybridized carbons (Fsp3) is 0.364. The zero-order chi connectivity index (χ0) is 19.8. The van der Waals surface area contributed by atoms with Crippen molar-refractivity contribution in [1.29, 1.82) is 0 Å². The third-order valence-corrected chi connectivity index (χ3v) is 5.72. The van der Waals surface area contributed by atoms with Crippen LogP contribution in [0, 0.1) is 0 Å². The number of methoxy groups -OCH3 is 3. The van der Waals surface area contributed by atoms with Crippen LogP contribution in [0.3, 0.4) is 0 Å². The minimum atomic E-state index is -0.483. The molecule has 28 heavy (non-hydrogen) atoms. The smallest absolute Gasteiger partial charge is 0.261 e. The molecule has 0 aromatic heterocycles. The molecule has 4 rings (SSSR count). The predicted molar refractivity (Wildman–Crippen MR) is 103 cm³/mol. The number of hydrogen-bond donors (Lipinski definition) is 0. The molecular weight excluding hydrogens is 358 g/mol. The highest BCUT2D eigenvalue weighted by Gasteiger charge is 2.44. The highest BCUT2D eigenvalue weighted by Crippen LogP contribution is 2.40. The Morgan fingerprint density at radius 3 is 2.18 bits per heavy atom. The van der Waals surface area contributed by atoms with Crippen LogP contribution in [0.2, 0.25) is 0 Å². The van der Waals surface area contributed by atoms with Crippen LogP contribution in [-0.4, -0.2) is 50.4 Å². The van der Waals surface area contributed by atoms with E-state index in [1.54, 1.807) is 45.6 Å². The molecule has 0 bridgehead atoms. The van der Waals surface area contributed by atoms with Gasteiger partial charge in [-0.1, -0.05) is 18.2 Å². The maximum atomic E-state index is 13.0. The summed E-state index contributed by atoms with van der Waals surface area (Å²) in [5, 5.41) is 0. The molecule has 146 valence electrons. The molecule has 0 spiro atoms. The fourth-order valence-electron chi connectivity index (χ4n) is 4.41. The van der Waals surface area contributed by atoms with Crippen LogP contribution in [0.15, 0.2) is 42.5 Å². The van der Waals surface area contributed by atoms with Crippen molar-refractivity contribution >= 4 is 11.8 Å². The number of imide groups is 1. The Morgan fingerprint density at radius 2 is 1.61 bits per heavy atom. The highest BCUT2D eigenvalue weighted by molar-refractivity contribution is 6.21. The molecule has 0 N–H and O–H groups in total. The minimum absolute atomic E-state index is 0.122. The van der Waals surface area contributed by atoms with Crippen molar-refractivity contribution in [2.75, 3.05) is 21.3 Å². The summed E-state index contributed by atoms with van der Waals surface area (Å²) in [6.45, 7) is 0. The van der Waals surface area contributed by atoms with Crippen molar-refractivity contribution in [1.82, 2.24) is 4.90 Å². The van der Waals surface area contributed by atoms with Crippen molar-refractivity contribution in [3.05, 3.63) is 64.7 Å². The normalized spacial score (nSPS) is 21.1. The predicted octanol–water partition coefficient (Wildman–Crippen LogP) is 3.01. The van der Waals surface area contributed by atoms with Crippen LogP contribution in [0.25, 0.3) is 0 Å². The van der Waals surface area contributed by atoms with Gasteiger partial charge in [0.15, 0.2) is 6.29 Å². The van der Waals surface area contributed by atoms with Gasteiger partial charge in [0.05, 0.1) is 18.2 Å². The Morgan fingerprint density at radius 1 is 0.964 bits per heavy atom. The van der Waals surface area contributed by atoms with E-state index in [1.807, 2.05) is 18.2 Å². The Labute approximate surface area is 164 Å². The number of amides is 2. The average Bonchev–Trinajstić information content (AvgIpc) is 2.99. The van der Waals surface area contributed by atoms with Crippen LogP contribution >= 0.6 is 0 Å². The van der Waals surface area contributed by atoms with E-state index in [4.69, 9.17) is 14.2 Å². The summed E-state index contributed by atoms with van der Waals surface area (Å²) in [6, 6.07) is 12.6. The zero-order valence-electron chi connectivity index (χ0n) is 16.2. The molecule has 0 radical (unpaired) electrons. The van der Waals surface area contributed by atoms with E-state index >= 15 is 0 Å². The lowest BCUT2D eigenvalue weighted by Crippen LogP contribution is -2.45. The van der Waals surface area contributed by atoms with Crippen LogP contribution in [0.5, 0.6) is 5.75 Å². The molecule has 1 aliphatic carbocycles. The quantitative estimate of drug-likeness (QED) is 0.588. The number of rotatable bonds is 5. The van der Waals surface area contributed by atoms with E-state index in [0.717, 1.165) is 16.9 Å². The van der Waals surface area contributed by atoms with Crippen LogP contribution in [-0.2, 0) is 15.9 Å². The van der Waals surface area contributed by atoms with Gasteiger partial charge >= 0.3 is 0 Å². The molecule has 6 nitrogen and oxygen atoms in total. The van der Waals surface area contributed by atoms with Gasteiger partial charge in [0.2, 0.25) is 0 Å². The highest BCUT2D eigenvalue weighted by atomic mass is 16.7. The first-order valence-corrected chi connectivity index (χ1v) is 9.28. The Balaban J connectivity index is 1.72. The topological polar surface area (TPSA) is 65.1 Å². The lowest BCUT2D eigenvalue weighted by Gasteiger charge is -2.38. The van der Waals surface area contributed by atoms with E-state index in [0.29, 0.717) is 24.0 Å². The second-order valence-corrected chi connectivity index (χ2v) is 7.13. The number of ether oxygens (including phenoxy) is 3. The molecule has 0 saturated carbocycles. The summed E-state index contributed by atoms with van der Waals surface area (Å²) in [7, 11) is 4.82. The third kappa shape index (κ3) is 2.89. The van der Waals surface area contributed by atoms with Gasteiger partial charge in [-0.25, -0.2) is 0 Å². The van der Waals surface area contributed by atoms with Crippen LogP contribution < -0.4 is 4.74 Å². The maximum absolute atomic E-state index is 13.0. The largest absolute Gasteiger partial charge is 0.497 e. The van der Waals surface area contributed by atoms with E-state index in [-0.39, 0.29) is 23.8 Å². The fourth-order valence-corrected chi connectivity index (χ4v) is 4.41. The van der Waals surface area contributed by atoms with Gasteiger partial charge in [-0.2, -0.15) is 0 Å². The molecule has 2 atom stereocenters. The van der Waals surface area contributed by atoms with Gasteiger partial charge < -0.3 is 14.2 Å². The number of nitrogens with zero attached hydrogens (tertiary/aromatic N) is 1. The Hall–Kier alpha value is -2.70. The first-order chi connectivity index (χ1) is 13.6. The summed E-state index contributed by atoms with van der Waals surface area (Å²) >= 11 is 0. The van der Waals surface area contributed by atoms with Crippen molar-refractivity contribution < 1.29 is 23.8 Å². The monoisotopic (exact) mass is 381 g/mol. The summed E-state index contributed by atoms with van der Waals surface area (Å²) in [4.78, 5) is 27.3. The van der Waals surface area contributed by atoms with Crippen molar-refractivity contribution in [3.63, 3.8) is 0 Å². The second-order valence-electron chi connectivity index (χ2n) is 7.13. The molecule has 2 aromatic carbocycles. The zero-order valence-corrected chi connectivity index (χ0v) is 16.2. The van der Waals surface area contributed by atoms with Gasteiger partial charge in [0, 0.05) is 26.2 Å². The minimum Gasteiger partial charge on any atom is -0.497 e. The van der Waals surface area contributed by atoms with Crippen molar-refractivity contribution in [3.8, 4) is 5.75 Å². The lowest BCUT2D eigenvalue weighted by molar-refractivity contribution is -0.123. The summed E-state index contributed by atoms with van der Waals surface area (Å²) in [6.07, 6.45) is 0.684. The molecule has 1 heterocycles. The number of hydrogen-bond acceptors (Lipinski definition) is 5. The van der Waals surface area contributed by atoms with Gasteiger partial charge in [0.25, 0.3) is 11.8 Å². The molecule has 6 heteroatoms. The molecular formula is C22H23NO5. The van der Waals surface area contributed by atoms with E-state index in [1.165, 1.54) is 4.90 Å². The lowest BCUT2D eigenvalue weighted by atomic mass is 9.79. The maximum Gasteiger partial charge on any atom is 0.261 e.